The van der Waals surface area contributed by atoms with Crippen LogP contribution in [-0.2, 0) is 0 Å². The molecular weight excluding hydrogens is 134 g/mol. The summed E-state index contributed by atoms with van der Waals surface area (Å²) in [6.45, 7) is 0. The van der Waals surface area contributed by atoms with Crippen molar-refractivity contribution in [1.82, 2.24) is 4.98 Å². The number of hydrogen-bond donors (Lipinski definition) is 2. The van der Waals surface area contributed by atoms with Gasteiger partial charge < -0.3 is 5.11 Å². The van der Waals surface area contributed by atoms with E-state index in [4.69, 9.17) is 5.11 Å². The maximum Gasteiger partial charge on any atom is 0.251 e. The summed E-state index contributed by atoms with van der Waals surface area (Å²) in [6.07, 6.45) is 0.495. The number of H-pyrrole nitrogens is 1. The molecule has 0 amide bonds. The molecule has 0 aromatic carbocycles. The second-order valence-electron chi connectivity index (χ2n) is 1.78. The van der Waals surface area contributed by atoms with Gasteiger partial charge in [-0.05, 0) is 0 Å². The minimum atomic E-state index is -0.484. The lowest BCUT2D eigenvalue weighted by Gasteiger charge is -1.89. The molecule has 0 saturated carbocycles. The van der Waals surface area contributed by atoms with Crippen LogP contribution < -0.4 is 5.56 Å². The van der Waals surface area contributed by atoms with Gasteiger partial charge in [0.25, 0.3) is 5.56 Å². The van der Waals surface area contributed by atoms with E-state index in [1.807, 2.05) is 0 Å². The lowest BCUT2D eigenvalue weighted by Crippen LogP contribution is -2.04. The van der Waals surface area contributed by atoms with Crippen molar-refractivity contribution in [3.8, 4) is 5.88 Å². The molecule has 0 radical (unpaired) electrons. The first-order valence-corrected chi connectivity index (χ1v) is 2.61. The predicted molar refractivity (Wildman–Crippen MR) is 34.1 cm³/mol. The van der Waals surface area contributed by atoms with Gasteiger partial charge in [0.05, 0.1) is 0 Å². The lowest BCUT2D eigenvalue weighted by molar-refractivity contribution is 0.112. The number of rotatable bonds is 1. The Hall–Kier alpha value is -1.58. The van der Waals surface area contributed by atoms with Crippen LogP contribution in [0.15, 0.2) is 16.9 Å². The highest BCUT2D eigenvalue weighted by molar-refractivity contribution is 5.74. The topological polar surface area (TPSA) is 70.2 Å². The van der Waals surface area contributed by atoms with Crippen molar-refractivity contribution >= 4 is 6.29 Å². The zero-order valence-electron chi connectivity index (χ0n) is 5.00. The fraction of sp³-hybridized carbons (Fsp3) is 0. The Bertz CT molecular complexity index is 302. The van der Waals surface area contributed by atoms with Gasteiger partial charge in [0.1, 0.15) is 6.29 Å². The van der Waals surface area contributed by atoms with Crippen LogP contribution in [0.5, 0.6) is 5.88 Å². The van der Waals surface area contributed by atoms with Crippen LogP contribution in [0.1, 0.15) is 10.4 Å². The number of aldehydes is 1. The van der Waals surface area contributed by atoms with E-state index in [9.17, 15) is 9.59 Å². The fourth-order valence-corrected chi connectivity index (χ4v) is 0.617. The Balaban J connectivity index is 3.32. The summed E-state index contributed by atoms with van der Waals surface area (Å²) < 4.78 is 0. The molecule has 10 heavy (non-hydrogen) atoms. The van der Waals surface area contributed by atoms with Crippen molar-refractivity contribution in [1.29, 1.82) is 0 Å². The standard InChI is InChI=1S/C6H5NO3/c8-3-4-1-5(9)7-6(10)2-4/h1-3H,(H2,7,9,10). The smallest absolute Gasteiger partial charge is 0.251 e. The van der Waals surface area contributed by atoms with E-state index in [1.54, 1.807) is 0 Å². The number of carbonyl (C=O) groups is 1. The Morgan fingerprint density at radius 1 is 1.50 bits per heavy atom. The van der Waals surface area contributed by atoms with Gasteiger partial charge in [-0.2, -0.15) is 0 Å². The van der Waals surface area contributed by atoms with E-state index in [0.29, 0.717) is 6.29 Å². The molecule has 1 heterocycles. The second kappa shape index (κ2) is 2.34. The van der Waals surface area contributed by atoms with Crippen molar-refractivity contribution in [3.63, 3.8) is 0 Å². The second-order valence-corrected chi connectivity index (χ2v) is 1.78. The van der Waals surface area contributed by atoms with Gasteiger partial charge in [-0.1, -0.05) is 0 Å². The molecule has 0 aliphatic carbocycles. The molecule has 52 valence electrons. The van der Waals surface area contributed by atoms with Gasteiger partial charge in [-0.3, -0.25) is 14.6 Å². The van der Waals surface area contributed by atoms with E-state index >= 15 is 0 Å². The molecule has 0 aliphatic heterocycles. The third kappa shape index (κ3) is 1.22. The molecule has 0 unspecified atom stereocenters. The summed E-state index contributed by atoms with van der Waals surface area (Å²) in [4.78, 5) is 22.6. The molecule has 2 N–H and O–H groups in total. The van der Waals surface area contributed by atoms with Crippen LogP contribution in [0.25, 0.3) is 0 Å². The molecule has 0 atom stereocenters. The molecule has 1 rings (SSSR count). The van der Waals surface area contributed by atoms with E-state index in [2.05, 4.69) is 4.98 Å². The third-order valence-electron chi connectivity index (χ3n) is 0.988. The van der Waals surface area contributed by atoms with Crippen molar-refractivity contribution < 1.29 is 9.90 Å². The Morgan fingerprint density at radius 3 is 2.70 bits per heavy atom. The summed E-state index contributed by atoms with van der Waals surface area (Å²) in [5.41, 5.74) is -0.316. The van der Waals surface area contributed by atoms with Crippen LogP contribution in [0.2, 0.25) is 0 Å². The molecule has 1 aromatic heterocycles. The van der Waals surface area contributed by atoms with Crippen LogP contribution in [-0.4, -0.2) is 16.4 Å². The maximum atomic E-state index is 10.5. The first-order valence-electron chi connectivity index (χ1n) is 2.61. The Kier molecular flexibility index (Phi) is 1.53. The van der Waals surface area contributed by atoms with Gasteiger partial charge in [-0.15, -0.1) is 0 Å². The summed E-state index contributed by atoms with van der Waals surface area (Å²) >= 11 is 0. The number of hydrogen-bond acceptors (Lipinski definition) is 3. The number of aromatic hydroxyl groups is 1. The fourth-order valence-electron chi connectivity index (χ4n) is 0.617. The molecule has 0 aliphatic rings. The zero-order chi connectivity index (χ0) is 7.56. The van der Waals surface area contributed by atoms with Crippen molar-refractivity contribution in [2.75, 3.05) is 0 Å². The summed E-state index contributed by atoms with van der Waals surface area (Å²) in [7, 11) is 0. The average molecular weight is 139 g/mol. The minimum Gasteiger partial charge on any atom is -0.494 e. The number of aromatic nitrogens is 1. The highest BCUT2D eigenvalue weighted by Gasteiger charge is 1.93. The van der Waals surface area contributed by atoms with Crippen molar-refractivity contribution in [3.05, 3.63) is 28.0 Å². The van der Waals surface area contributed by atoms with Crippen LogP contribution in [0, 0.1) is 0 Å². The van der Waals surface area contributed by atoms with Crippen LogP contribution in [0.4, 0.5) is 0 Å². The minimum absolute atomic E-state index is 0.168. The number of pyridine rings is 1. The van der Waals surface area contributed by atoms with Gasteiger partial charge in [0.15, 0.2) is 5.88 Å². The predicted octanol–water partition coefficient (Wildman–Crippen LogP) is -0.107. The van der Waals surface area contributed by atoms with Crippen LogP contribution >= 0.6 is 0 Å². The van der Waals surface area contributed by atoms with Gasteiger partial charge >= 0.3 is 0 Å². The van der Waals surface area contributed by atoms with E-state index < -0.39 is 5.56 Å². The highest BCUT2D eigenvalue weighted by atomic mass is 16.3. The average Bonchev–Trinajstić information content (AvgIpc) is 1.85. The number of nitrogens with one attached hydrogen (secondary N) is 1. The lowest BCUT2D eigenvalue weighted by atomic mass is 10.3. The Labute approximate surface area is 56.1 Å². The number of aromatic amines is 1. The summed E-state index contributed by atoms with van der Waals surface area (Å²) in [5, 5.41) is 8.71. The molecule has 0 fully saturated rings. The molecule has 0 saturated heterocycles. The molecule has 0 bridgehead atoms. The summed E-state index contributed by atoms with van der Waals surface area (Å²) in [6, 6.07) is 2.28. The van der Waals surface area contributed by atoms with Crippen molar-refractivity contribution in [2.24, 2.45) is 0 Å². The largest absolute Gasteiger partial charge is 0.494 e. The normalized spacial score (nSPS) is 9.20. The maximum absolute atomic E-state index is 10.5. The van der Waals surface area contributed by atoms with Gasteiger partial charge in [0.2, 0.25) is 0 Å². The van der Waals surface area contributed by atoms with E-state index in [1.165, 1.54) is 6.07 Å². The molecule has 4 heteroatoms. The first kappa shape index (κ1) is 6.54. The first-order chi connectivity index (χ1) is 4.72. The zero-order valence-corrected chi connectivity index (χ0v) is 5.00. The summed E-state index contributed by atoms with van der Waals surface area (Å²) in [5.74, 6) is -0.297. The van der Waals surface area contributed by atoms with E-state index in [-0.39, 0.29) is 11.4 Å². The van der Waals surface area contributed by atoms with Gasteiger partial charge in [-0.25, -0.2) is 0 Å². The van der Waals surface area contributed by atoms with Crippen molar-refractivity contribution in [2.45, 2.75) is 0 Å². The highest BCUT2D eigenvalue weighted by Crippen LogP contribution is 2.00. The molecule has 0 spiro atoms. The molecule has 1 aromatic rings. The SMILES string of the molecule is O=Cc1cc(O)[nH]c(=O)c1. The monoisotopic (exact) mass is 139 g/mol. The van der Waals surface area contributed by atoms with Crippen LogP contribution in [0.3, 0.4) is 0 Å². The van der Waals surface area contributed by atoms with E-state index in [0.717, 1.165) is 6.07 Å². The third-order valence-corrected chi connectivity index (χ3v) is 0.988. The molecular formula is C6H5NO3. The quantitative estimate of drug-likeness (QED) is 0.533. The number of carbonyl (C=O) groups excluding carboxylic acids is 1. The molecule has 4 nitrogen and oxygen atoms in total. The Morgan fingerprint density at radius 2 is 2.20 bits per heavy atom. The van der Waals surface area contributed by atoms with Gasteiger partial charge in [0, 0.05) is 17.7 Å².